The molecule has 3 aromatic rings. The van der Waals surface area contributed by atoms with Gasteiger partial charge in [0.05, 0.1) is 0 Å². The number of rotatable bonds is 0. The van der Waals surface area contributed by atoms with E-state index in [0.717, 1.165) is 11.4 Å². The molecule has 3 rings (SSSR count). The number of nitrogens with two attached hydrogens (primary N) is 2. The minimum Gasteiger partial charge on any atom is -0.399 e. The topological polar surface area (TPSA) is 52.0 Å². The molecule has 0 aromatic heterocycles. The van der Waals surface area contributed by atoms with Crippen molar-refractivity contribution in [1.82, 2.24) is 0 Å². The molecule has 0 atom stereocenters. The van der Waals surface area contributed by atoms with E-state index in [-0.39, 0.29) is 7.43 Å². The fraction of sp³-hybridized carbons (Fsp3) is 0.379. The van der Waals surface area contributed by atoms with Crippen LogP contribution in [0.2, 0.25) is 0 Å². The van der Waals surface area contributed by atoms with Gasteiger partial charge in [0.25, 0.3) is 0 Å². The molecule has 4 N–H and O–H groups in total. The Balaban J connectivity index is -0.0000000897. The van der Waals surface area contributed by atoms with Gasteiger partial charge >= 0.3 is 0 Å². The number of para-hydroxylation sites is 2. The molecule has 0 fully saturated rings. The molecule has 3 aromatic carbocycles. The van der Waals surface area contributed by atoms with Crippen molar-refractivity contribution in [1.29, 1.82) is 0 Å². The second-order valence-corrected chi connectivity index (χ2v) is 5.39. The quantitative estimate of drug-likeness (QED) is 0.350. The summed E-state index contributed by atoms with van der Waals surface area (Å²) < 4.78 is 0. The first-order valence-corrected chi connectivity index (χ1v) is 11.2. The second kappa shape index (κ2) is 41.6. The number of hydrogen-bond acceptors (Lipinski definition) is 2. The molecule has 178 valence electrons. The highest BCUT2D eigenvalue weighted by Gasteiger charge is 1.73. The van der Waals surface area contributed by atoms with E-state index >= 15 is 0 Å². The first-order valence-electron chi connectivity index (χ1n) is 11.2. The number of benzene rings is 3. The first-order chi connectivity index (χ1) is 14.6. The zero-order chi connectivity index (χ0) is 23.9. The van der Waals surface area contributed by atoms with Gasteiger partial charge in [-0.15, -0.1) is 0 Å². The zero-order valence-corrected chi connectivity index (χ0v) is 20.8. The van der Waals surface area contributed by atoms with Crippen molar-refractivity contribution in [2.75, 3.05) is 11.5 Å². The molecule has 0 aliphatic heterocycles. The molecule has 0 aliphatic rings. The van der Waals surface area contributed by atoms with Gasteiger partial charge in [0, 0.05) is 11.4 Å². The van der Waals surface area contributed by atoms with Crippen LogP contribution >= 0.6 is 0 Å². The van der Waals surface area contributed by atoms with Gasteiger partial charge in [0.1, 0.15) is 0 Å². The Morgan fingerprint density at radius 2 is 0.548 bits per heavy atom. The van der Waals surface area contributed by atoms with Crippen molar-refractivity contribution in [3.8, 4) is 0 Å². The molecule has 0 saturated heterocycles. The fourth-order valence-corrected chi connectivity index (χ4v) is 1.29. The lowest BCUT2D eigenvalue weighted by Crippen LogP contribution is -1.79. The Labute approximate surface area is 195 Å². The highest BCUT2D eigenvalue weighted by molar-refractivity contribution is 5.36. The third kappa shape index (κ3) is 46.9. The number of anilines is 2. The predicted octanol–water partition coefficient (Wildman–Crippen LogP) is 9.75. The average Bonchev–Trinajstić information content (AvgIpc) is 2.81. The van der Waals surface area contributed by atoms with Gasteiger partial charge in [0.2, 0.25) is 0 Å². The maximum absolute atomic E-state index is 5.36. The third-order valence-electron chi connectivity index (χ3n) is 2.27. The van der Waals surface area contributed by atoms with Crippen LogP contribution in [-0.4, -0.2) is 0 Å². The Morgan fingerprint density at radius 1 is 0.419 bits per heavy atom. The van der Waals surface area contributed by atoms with Gasteiger partial charge in [-0.1, -0.05) is 148 Å². The first kappa shape index (κ1) is 38.8. The zero-order valence-electron chi connectivity index (χ0n) is 20.8. The van der Waals surface area contributed by atoms with Crippen molar-refractivity contribution in [3.05, 3.63) is 97.1 Å². The molecular weight excluding hydrogens is 376 g/mol. The van der Waals surface area contributed by atoms with Crippen molar-refractivity contribution >= 4 is 11.4 Å². The molecule has 2 nitrogen and oxygen atoms in total. The van der Waals surface area contributed by atoms with E-state index in [1.807, 2.05) is 125 Å². The molecule has 0 spiro atoms. The van der Waals surface area contributed by atoms with Gasteiger partial charge in [-0.05, 0) is 24.3 Å². The summed E-state index contributed by atoms with van der Waals surface area (Å²) in [5.74, 6) is 0. The summed E-state index contributed by atoms with van der Waals surface area (Å²) >= 11 is 0. The highest BCUT2D eigenvalue weighted by atomic mass is 14.5. The Kier molecular flexibility index (Phi) is 52.1. The van der Waals surface area contributed by atoms with Crippen LogP contribution in [0.4, 0.5) is 11.4 Å². The van der Waals surface area contributed by atoms with Crippen LogP contribution in [0.3, 0.4) is 0 Å². The van der Waals surface area contributed by atoms with E-state index < -0.39 is 0 Å². The molecule has 0 aliphatic carbocycles. The van der Waals surface area contributed by atoms with Crippen LogP contribution in [0.15, 0.2) is 97.1 Å². The molecule has 31 heavy (non-hydrogen) atoms. The molecule has 0 bridgehead atoms. The standard InChI is InChI=1S/2C6H7N.C6H6.2C3H8.2C2H6.CH4/c2*7-6-4-2-1-3-5-6;1-2-4-6-5-3-1;2*1-3-2;2*1-2;/h2*1-5H,7H2;1-6H;2*3H2,1-2H3;2*1-2H3;1H4. The van der Waals surface area contributed by atoms with E-state index in [9.17, 15) is 0 Å². The van der Waals surface area contributed by atoms with Crippen molar-refractivity contribution in [2.24, 2.45) is 0 Å². The number of hydrogen-bond donors (Lipinski definition) is 2. The van der Waals surface area contributed by atoms with Gasteiger partial charge in [-0.2, -0.15) is 0 Å². The van der Waals surface area contributed by atoms with E-state index in [1.165, 1.54) is 12.8 Å². The lowest BCUT2D eigenvalue weighted by atomic mass is 10.3. The Bertz CT molecular complexity index is 500. The van der Waals surface area contributed by atoms with E-state index in [0.29, 0.717) is 0 Å². The van der Waals surface area contributed by atoms with Gasteiger partial charge in [-0.3, -0.25) is 0 Å². The van der Waals surface area contributed by atoms with Gasteiger partial charge < -0.3 is 11.5 Å². The van der Waals surface area contributed by atoms with Crippen molar-refractivity contribution < 1.29 is 0 Å². The summed E-state index contributed by atoms with van der Waals surface area (Å²) in [6, 6.07) is 31.0. The van der Waals surface area contributed by atoms with Crippen LogP contribution in [0, 0.1) is 0 Å². The Morgan fingerprint density at radius 3 is 0.645 bits per heavy atom. The largest absolute Gasteiger partial charge is 0.399 e. The maximum atomic E-state index is 5.36. The molecule has 0 amide bonds. The highest BCUT2D eigenvalue weighted by Crippen LogP contribution is 1.96. The minimum absolute atomic E-state index is 0. The molecule has 0 heterocycles. The lowest BCUT2D eigenvalue weighted by molar-refractivity contribution is 1.09. The predicted molar refractivity (Wildman–Crippen MR) is 150 cm³/mol. The van der Waals surface area contributed by atoms with Crippen LogP contribution in [-0.2, 0) is 0 Å². The third-order valence-corrected chi connectivity index (χ3v) is 2.27. The molecular formula is C29H52N2. The van der Waals surface area contributed by atoms with Gasteiger partial charge in [-0.25, -0.2) is 0 Å². The van der Waals surface area contributed by atoms with Crippen molar-refractivity contribution in [2.45, 2.75) is 75.7 Å². The average molecular weight is 429 g/mol. The fourth-order valence-electron chi connectivity index (χ4n) is 1.29. The SMILES string of the molecule is C.CC.CC.CCC.CCC.Nc1ccccc1.Nc1ccccc1.c1ccccc1. The molecule has 2 heteroatoms. The number of nitrogen functional groups attached to an aromatic ring is 2. The second-order valence-electron chi connectivity index (χ2n) is 5.39. The Hall–Kier alpha value is -2.74. The van der Waals surface area contributed by atoms with Crippen LogP contribution in [0.25, 0.3) is 0 Å². The van der Waals surface area contributed by atoms with Crippen LogP contribution in [0.5, 0.6) is 0 Å². The van der Waals surface area contributed by atoms with Crippen molar-refractivity contribution in [3.63, 3.8) is 0 Å². The molecule has 0 radical (unpaired) electrons. The monoisotopic (exact) mass is 428 g/mol. The summed E-state index contributed by atoms with van der Waals surface area (Å²) in [5.41, 5.74) is 12.4. The maximum Gasteiger partial charge on any atom is 0.0313 e. The summed E-state index contributed by atoms with van der Waals surface area (Å²) in [6.45, 7) is 16.5. The van der Waals surface area contributed by atoms with E-state index in [2.05, 4.69) is 27.7 Å². The van der Waals surface area contributed by atoms with E-state index in [4.69, 9.17) is 11.5 Å². The molecule has 0 saturated carbocycles. The van der Waals surface area contributed by atoms with E-state index in [1.54, 1.807) is 0 Å². The normalized spacial score (nSPS) is 6.97. The van der Waals surface area contributed by atoms with Crippen LogP contribution < -0.4 is 11.5 Å². The van der Waals surface area contributed by atoms with Crippen LogP contribution in [0.1, 0.15) is 75.7 Å². The lowest BCUT2D eigenvalue weighted by Gasteiger charge is -1.83. The summed E-state index contributed by atoms with van der Waals surface area (Å²) in [7, 11) is 0. The minimum atomic E-state index is 0. The summed E-state index contributed by atoms with van der Waals surface area (Å²) in [4.78, 5) is 0. The smallest absolute Gasteiger partial charge is 0.0313 e. The summed E-state index contributed by atoms with van der Waals surface area (Å²) in [5, 5.41) is 0. The summed E-state index contributed by atoms with van der Waals surface area (Å²) in [6.07, 6.45) is 2.50. The van der Waals surface area contributed by atoms with Gasteiger partial charge in [0.15, 0.2) is 0 Å². The molecule has 0 unspecified atom stereocenters.